The SMILES string of the molecule is Cc1ccc(C2/C(=C(\[O-])c3ccc(OC(C)C)cc3)C(=O)C(=O)N2CCC[NH+]2CCOCC2)cc1. The maximum Gasteiger partial charge on any atom is 0.295 e. The molecular weight excluding hydrogens is 444 g/mol. The van der Waals surface area contributed by atoms with E-state index in [-0.39, 0.29) is 11.7 Å². The highest BCUT2D eigenvalue weighted by Crippen LogP contribution is 2.38. The molecule has 1 N–H and O–H groups in total. The van der Waals surface area contributed by atoms with Crippen molar-refractivity contribution in [1.82, 2.24) is 4.90 Å². The number of ether oxygens (including phenoxy) is 2. The lowest BCUT2D eigenvalue weighted by molar-refractivity contribution is -0.908. The van der Waals surface area contributed by atoms with Crippen LogP contribution in [0.3, 0.4) is 0 Å². The number of Topliss-reactive ketones (excluding diaryl/α,β-unsaturated/α-hetero) is 1. The molecule has 1 amide bonds. The van der Waals surface area contributed by atoms with Gasteiger partial charge >= 0.3 is 0 Å². The van der Waals surface area contributed by atoms with Gasteiger partial charge in [0.1, 0.15) is 18.8 Å². The highest BCUT2D eigenvalue weighted by atomic mass is 16.5. The zero-order chi connectivity index (χ0) is 24.9. The van der Waals surface area contributed by atoms with Crippen LogP contribution >= 0.6 is 0 Å². The van der Waals surface area contributed by atoms with Gasteiger partial charge in [-0.15, -0.1) is 0 Å². The van der Waals surface area contributed by atoms with Gasteiger partial charge in [0, 0.05) is 18.5 Å². The van der Waals surface area contributed by atoms with Crippen LogP contribution in [0.1, 0.15) is 43.0 Å². The third-order valence-corrected chi connectivity index (χ3v) is 6.54. The van der Waals surface area contributed by atoms with Gasteiger partial charge in [0.05, 0.1) is 31.9 Å². The first-order chi connectivity index (χ1) is 16.8. The minimum Gasteiger partial charge on any atom is -0.872 e. The van der Waals surface area contributed by atoms with Gasteiger partial charge in [-0.05, 0) is 44.0 Å². The van der Waals surface area contributed by atoms with E-state index in [9.17, 15) is 14.7 Å². The summed E-state index contributed by atoms with van der Waals surface area (Å²) < 4.78 is 11.1. The standard InChI is InChI=1S/C28H34N2O5/c1-19(2)35-23-11-9-22(10-12-23)26(31)24-25(21-7-5-20(3)6-8-21)30(28(33)27(24)32)14-4-13-29-15-17-34-18-16-29/h5-12,19,25,31H,4,13-18H2,1-3H3/b26-24+. The fraction of sp³-hybridized carbons (Fsp3) is 0.429. The number of ketones is 1. The second kappa shape index (κ2) is 11.1. The maximum absolute atomic E-state index is 13.6. The van der Waals surface area contributed by atoms with Crippen molar-refractivity contribution in [3.63, 3.8) is 0 Å². The molecular formula is C28H34N2O5. The Bertz CT molecular complexity index is 1070. The summed E-state index contributed by atoms with van der Waals surface area (Å²) in [5.74, 6) is -1.07. The molecule has 2 aliphatic heterocycles. The van der Waals surface area contributed by atoms with Crippen LogP contribution < -0.4 is 14.7 Å². The molecule has 2 heterocycles. The van der Waals surface area contributed by atoms with Gasteiger partial charge in [0.2, 0.25) is 5.78 Å². The van der Waals surface area contributed by atoms with E-state index in [2.05, 4.69) is 0 Å². The van der Waals surface area contributed by atoms with Crippen molar-refractivity contribution in [2.45, 2.75) is 39.3 Å². The van der Waals surface area contributed by atoms with Gasteiger partial charge in [-0.2, -0.15) is 0 Å². The summed E-state index contributed by atoms with van der Waals surface area (Å²) >= 11 is 0. The quantitative estimate of drug-likeness (QED) is 0.352. The molecule has 2 aromatic carbocycles. The van der Waals surface area contributed by atoms with E-state index in [1.54, 1.807) is 29.2 Å². The number of amides is 1. The topological polar surface area (TPSA) is 83.3 Å². The predicted molar refractivity (Wildman–Crippen MR) is 131 cm³/mol. The lowest BCUT2D eigenvalue weighted by Gasteiger charge is -2.29. The average molecular weight is 479 g/mol. The number of benzene rings is 2. The molecule has 7 heteroatoms. The number of carbonyl (C=O) groups excluding carboxylic acids is 2. The molecule has 2 fully saturated rings. The van der Waals surface area contributed by atoms with Crippen molar-refractivity contribution in [1.29, 1.82) is 0 Å². The maximum atomic E-state index is 13.6. The summed E-state index contributed by atoms with van der Waals surface area (Å²) in [6.07, 6.45) is 0.762. The molecule has 1 atom stereocenters. The number of hydrogen-bond acceptors (Lipinski definition) is 5. The minimum atomic E-state index is -0.707. The smallest absolute Gasteiger partial charge is 0.295 e. The Labute approximate surface area is 206 Å². The first-order valence-corrected chi connectivity index (χ1v) is 12.4. The first kappa shape index (κ1) is 24.9. The van der Waals surface area contributed by atoms with Crippen LogP contribution in [0.4, 0.5) is 0 Å². The first-order valence-electron chi connectivity index (χ1n) is 12.4. The van der Waals surface area contributed by atoms with Crippen molar-refractivity contribution in [2.75, 3.05) is 39.4 Å². The fourth-order valence-corrected chi connectivity index (χ4v) is 4.72. The average Bonchev–Trinajstić information content (AvgIpc) is 3.10. The number of rotatable bonds is 8. The summed E-state index contributed by atoms with van der Waals surface area (Å²) in [5, 5.41) is 13.6. The van der Waals surface area contributed by atoms with Crippen molar-refractivity contribution in [3.05, 3.63) is 70.8 Å². The highest BCUT2D eigenvalue weighted by Gasteiger charge is 2.44. The molecule has 0 spiro atoms. The zero-order valence-corrected chi connectivity index (χ0v) is 20.7. The summed E-state index contributed by atoms with van der Waals surface area (Å²) in [6, 6.07) is 13.8. The molecule has 4 rings (SSSR count). The summed E-state index contributed by atoms with van der Waals surface area (Å²) in [4.78, 5) is 29.3. The Morgan fingerprint density at radius 3 is 2.37 bits per heavy atom. The van der Waals surface area contributed by atoms with Crippen molar-refractivity contribution in [2.24, 2.45) is 0 Å². The number of aryl methyl sites for hydroxylation is 1. The van der Waals surface area contributed by atoms with E-state index in [1.165, 1.54) is 4.90 Å². The predicted octanol–water partition coefficient (Wildman–Crippen LogP) is 1.31. The van der Waals surface area contributed by atoms with E-state index in [0.717, 1.165) is 50.4 Å². The van der Waals surface area contributed by atoms with E-state index in [0.29, 0.717) is 17.9 Å². The molecule has 2 aliphatic rings. The van der Waals surface area contributed by atoms with Gasteiger partial charge in [0.15, 0.2) is 0 Å². The summed E-state index contributed by atoms with van der Waals surface area (Å²) in [7, 11) is 0. The van der Waals surface area contributed by atoms with Crippen LogP contribution in [0, 0.1) is 6.92 Å². The highest BCUT2D eigenvalue weighted by molar-refractivity contribution is 6.46. The van der Waals surface area contributed by atoms with E-state index < -0.39 is 23.5 Å². The van der Waals surface area contributed by atoms with Gasteiger partial charge in [-0.3, -0.25) is 9.59 Å². The Kier molecular flexibility index (Phi) is 7.88. The number of quaternary nitrogens is 1. The second-order valence-corrected chi connectivity index (χ2v) is 9.54. The Balaban J connectivity index is 1.64. The van der Waals surface area contributed by atoms with Crippen molar-refractivity contribution in [3.8, 4) is 5.75 Å². The lowest BCUT2D eigenvalue weighted by Crippen LogP contribution is -3.14. The molecule has 7 nitrogen and oxygen atoms in total. The van der Waals surface area contributed by atoms with Gasteiger partial charge in [-0.1, -0.05) is 47.7 Å². The third-order valence-electron chi connectivity index (χ3n) is 6.54. The summed E-state index contributed by atoms with van der Waals surface area (Å²) in [5.41, 5.74) is 2.24. The lowest BCUT2D eigenvalue weighted by atomic mass is 9.94. The summed E-state index contributed by atoms with van der Waals surface area (Å²) in [6.45, 7) is 10.5. The molecule has 2 aromatic rings. The van der Waals surface area contributed by atoms with Gasteiger partial charge < -0.3 is 24.4 Å². The van der Waals surface area contributed by atoms with Crippen LogP contribution in [-0.4, -0.2) is 62.1 Å². The number of hydrogen-bond donors (Lipinski definition) is 1. The second-order valence-electron chi connectivity index (χ2n) is 9.54. The zero-order valence-electron chi connectivity index (χ0n) is 20.7. The van der Waals surface area contributed by atoms with Gasteiger partial charge in [-0.25, -0.2) is 0 Å². The molecule has 0 aliphatic carbocycles. The third kappa shape index (κ3) is 5.74. The number of nitrogens with zero attached hydrogens (tertiary/aromatic N) is 1. The van der Waals surface area contributed by atoms with Crippen LogP contribution in [0.2, 0.25) is 0 Å². The molecule has 2 saturated heterocycles. The van der Waals surface area contributed by atoms with Crippen molar-refractivity contribution < 1.29 is 29.1 Å². The molecule has 0 radical (unpaired) electrons. The van der Waals surface area contributed by atoms with Gasteiger partial charge in [0.25, 0.3) is 5.91 Å². The van der Waals surface area contributed by atoms with Crippen LogP contribution in [0.5, 0.6) is 5.75 Å². The fourth-order valence-electron chi connectivity index (χ4n) is 4.72. The Morgan fingerprint density at radius 1 is 1.09 bits per heavy atom. The van der Waals surface area contributed by atoms with E-state index in [4.69, 9.17) is 9.47 Å². The Morgan fingerprint density at radius 2 is 1.74 bits per heavy atom. The van der Waals surface area contributed by atoms with Crippen LogP contribution in [0.15, 0.2) is 54.1 Å². The van der Waals surface area contributed by atoms with E-state index >= 15 is 0 Å². The molecule has 0 aromatic heterocycles. The monoisotopic (exact) mass is 478 g/mol. The number of likely N-dealkylation sites (tertiary alicyclic amines) is 1. The number of carbonyl (C=O) groups is 2. The number of morpholine rings is 1. The molecule has 186 valence electrons. The molecule has 0 saturated carbocycles. The van der Waals surface area contributed by atoms with Crippen molar-refractivity contribution >= 4 is 17.4 Å². The van der Waals surface area contributed by atoms with Crippen LogP contribution in [0.25, 0.3) is 5.76 Å². The molecule has 1 unspecified atom stereocenters. The van der Waals surface area contributed by atoms with Crippen LogP contribution in [-0.2, 0) is 14.3 Å². The van der Waals surface area contributed by atoms with E-state index in [1.807, 2.05) is 45.0 Å². The largest absolute Gasteiger partial charge is 0.872 e. The molecule has 35 heavy (non-hydrogen) atoms. The molecule has 0 bridgehead atoms. The minimum absolute atomic E-state index is 0.0127. The Hall–Kier alpha value is -3.16. The number of nitrogens with one attached hydrogen (secondary N) is 1. The normalized spacial score (nSPS) is 20.6.